The van der Waals surface area contributed by atoms with E-state index in [2.05, 4.69) is 35.4 Å². The molecule has 0 aromatic heterocycles. The van der Waals surface area contributed by atoms with E-state index < -0.39 is 0 Å². The van der Waals surface area contributed by atoms with Crippen LogP contribution in [0, 0.1) is 0 Å². The third kappa shape index (κ3) is 9.43. The number of rotatable bonds is 10. The van der Waals surface area contributed by atoms with Crippen LogP contribution >= 0.6 is 24.0 Å². The maximum absolute atomic E-state index is 5.68. The Morgan fingerprint density at radius 1 is 1.21 bits per heavy atom. The first-order chi connectivity index (χ1) is 13.2. The standard InChI is InChI=1S/C21H36N4O2.HI/c1-4-11-25-12-9-19(10-13-25)24-21(22-5-2)23-17-18-7-6-8-20(16-18)27-15-14-26-3;/h6-8,16,19H,4-5,9-15,17H2,1-3H3,(H2,22,23,24);1H. The van der Waals surface area contributed by atoms with Gasteiger partial charge in [-0.15, -0.1) is 24.0 Å². The first kappa shape index (κ1) is 25.0. The zero-order valence-electron chi connectivity index (χ0n) is 17.6. The molecule has 2 N–H and O–H groups in total. The summed E-state index contributed by atoms with van der Waals surface area (Å²) in [5.74, 6) is 1.76. The maximum atomic E-state index is 5.68. The van der Waals surface area contributed by atoms with Gasteiger partial charge in [0.1, 0.15) is 12.4 Å². The second-order valence-corrected chi connectivity index (χ2v) is 6.94. The zero-order chi connectivity index (χ0) is 19.3. The number of likely N-dealkylation sites (tertiary alicyclic amines) is 1. The van der Waals surface area contributed by atoms with Gasteiger partial charge in [0.2, 0.25) is 0 Å². The summed E-state index contributed by atoms with van der Waals surface area (Å²) < 4.78 is 10.7. The Balaban J connectivity index is 0.00000392. The van der Waals surface area contributed by atoms with Gasteiger partial charge in [0.05, 0.1) is 13.2 Å². The van der Waals surface area contributed by atoms with E-state index in [1.54, 1.807) is 7.11 Å². The minimum absolute atomic E-state index is 0. The molecule has 7 heteroatoms. The van der Waals surface area contributed by atoms with E-state index in [1.165, 1.54) is 38.9 Å². The highest BCUT2D eigenvalue weighted by Gasteiger charge is 2.19. The van der Waals surface area contributed by atoms with Crippen molar-refractivity contribution in [3.8, 4) is 5.75 Å². The van der Waals surface area contributed by atoms with Crippen LogP contribution in [0.5, 0.6) is 5.75 Å². The quantitative estimate of drug-likeness (QED) is 0.222. The molecule has 0 saturated carbocycles. The van der Waals surface area contributed by atoms with Crippen molar-refractivity contribution in [3.63, 3.8) is 0 Å². The number of piperidine rings is 1. The summed E-state index contributed by atoms with van der Waals surface area (Å²) in [5.41, 5.74) is 1.14. The zero-order valence-corrected chi connectivity index (χ0v) is 19.9. The largest absolute Gasteiger partial charge is 0.491 e. The summed E-state index contributed by atoms with van der Waals surface area (Å²) in [5, 5.41) is 6.98. The predicted molar refractivity (Wildman–Crippen MR) is 127 cm³/mol. The molecule has 1 saturated heterocycles. The highest BCUT2D eigenvalue weighted by atomic mass is 127. The summed E-state index contributed by atoms with van der Waals surface area (Å²) in [6.45, 7) is 10.6. The predicted octanol–water partition coefficient (Wildman–Crippen LogP) is 3.26. The van der Waals surface area contributed by atoms with E-state index in [-0.39, 0.29) is 24.0 Å². The molecule has 1 fully saturated rings. The highest BCUT2D eigenvalue weighted by Crippen LogP contribution is 2.14. The Labute approximate surface area is 187 Å². The van der Waals surface area contributed by atoms with Crippen LogP contribution in [0.25, 0.3) is 0 Å². The van der Waals surface area contributed by atoms with Crippen LogP contribution in [0.3, 0.4) is 0 Å². The summed E-state index contributed by atoms with van der Waals surface area (Å²) >= 11 is 0. The number of halogens is 1. The normalized spacial score (nSPS) is 15.8. The van der Waals surface area contributed by atoms with Crippen molar-refractivity contribution in [2.24, 2.45) is 4.99 Å². The molecule has 0 spiro atoms. The van der Waals surface area contributed by atoms with Gasteiger partial charge < -0.3 is 25.0 Å². The average Bonchev–Trinajstić information content (AvgIpc) is 2.69. The molecule has 0 unspecified atom stereocenters. The summed E-state index contributed by atoms with van der Waals surface area (Å²) in [4.78, 5) is 7.32. The van der Waals surface area contributed by atoms with Gasteiger partial charge in [0.15, 0.2) is 5.96 Å². The van der Waals surface area contributed by atoms with Crippen molar-refractivity contribution in [1.29, 1.82) is 0 Å². The number of hydrogen-bond donors (Lipinski definition) is 2. The van der Waals surface area contributed by atoms with Crippen LogP contribution in [-0.4, -0.2) is 63.4 Å². The van der Waals surface area contributed by atoms with Crippen molar-refractivity contribution >= 4 is 29.9 Å². The molecule has 1 aromatic rings. The average molecular weight is 504 g/mol. The lowest BCUT2D eigenvalue weighted by atomic mass is 10.1. The first-order valence-electron chi connectivity index (χ1n) is 10.2. The molecular formula is C21H37IN4O2. The van der Waals surface area contributed by atoms with Crippen LogP contribution < -0.4 is 15.4 Å². The molecule has 0 aliphatic carbocycles. The van der Waals surface area contributed by atoms with Gasteiger partial charge in [-0.25, -0.2) is 4.99 Å². The molecule has 0 atom stereocenters. The molecule has 160 valence electrons. The number of hydrogen-bond acceptors (Lipinski definition) is 4. The van der Waals surface area contributed by atoms with Crippen LogP contribution in [0.15, 0.2) is 29.3 Å². The number of nitrogens with one attached hydrogen (secondary N) is 2. The van der Waals surface area contributed by atoms with E-state index in [0.29, 0.717) is 25.8 Å². The van der Waals surface area contributed by atoms with Gasteiger partial charge in [-0.05, 0) is 50.4 Å². The van der Waals surface area contributed by atoms with Crippen LogP contribution in [-0.2, 0) is 11.3 Å². The lowest BCUT2D eigenvalue weighted by molar-refractivity contribution is 0.146. The molecule has 6 nitrogen and oxygen atoms in total. The second-order valence-electron chi connectivity index (χ2n) is 6.94. The summed E-state index contributed by atoms with van der Waals surface area (Å²) in [6.07, 6.45) is 3.58. The third-order valence-corrected chi connectivity index (χ3v) is 4.69. The molecule has 0 amide bonds. The maximum Gasteiger partial charge on any atom is 0.191 e. The molecule has 0 radical (unpaired) electrons. The first-order valence-corrected chi connectivity index (χ1v) is 10.2. The SMILES string of the molecule is CCCN1CCC(NC(=NCc2cccc(OCCOC)c2)NCC)CC1.I. The van der Waals surface area contributed by atoms with E-state index >= 15 is 0 Å². The molecule has 1 aliphatic rings. The van der Waals surface area contributed by atoms with Gasteiger partial charge in [-0.2, -0.15) is 0 Å². The van der Waals surface area contributed by atoms with Gasteiger partial charge in [-0.1, -0.05) is 19.1 Å². The Morgan fingerprint density at radius 3 is 2.68 bits per heavy atom. The van der Waals surface area contributed by atoms with Crippen molar-refractivity contribution in [3.05, 3.63) is 29.8 Å². The van der Waals surface area contributed by atoms with Gasteiger partial charge in [-0.3, -0.25) is 0 Å². The van der Waals surface area contributed by atoms with Crippen molar-refractivity contribution in [1.82, 2.24) is 15.5 Å². The third-order valence-electron chi connectivity index (χ3n) is 4.69. The summed E-state index contributed by atoms with van der Waals surface area (Å²) in [6, 6.07) is 8.61. The van der Waals surface area contributed by atoms with E-state index in [9.17, 15) is 0 Å². The second kappa shape index (κ2) is 14.9. The van der Waals surface area contributed by atoms with E-state index in [0.717, 1.165) is 23.8 Å². The van der Waals surface area contributed by atoms with E-state index in [4.69, 9.17) is 14.5 Å². The number of nitrogens with zero attached hydrogens (tertiary/aromatic N) is 2. The van der Waals surface area contributed by atoms with Crippen molar-refractivity contribution < 1.29 is 9.47 Å². The highest BCUT2D eigenvalue weighted by molar-refractivity contribution is 14.0. The van der Waals surface area contributed by atoms with Crippen molar-refractivity contribution in [2.75, 3.05) is 46.5 Å². The number of ether oxygens (including phenoxy) is 2. The van der Waals surface area contributed by atoms with Crippen LogP contribution in [0.4, 0.5) is 0 Å². The lowest BCUT2D eigenvalue weighted by Gasteiger charge is -2.32. The Morgan fingerprint density at radius 2 is 2.00 bits per heavy atom. The van der Waals surface area contributed by atoms with Gasteiger partial charge in [0.25, 0.3) is 0 Å². The number of guanidine groups is 1. The Kier molecular flexibility index (Phi) is 13.3. The topological polar surface area (TPSA) is 58.1 Å². The molecule has 1 heterocycles. The summed E-state index contributed by atoms with van der Waals surface area (Å²) in [7, 11) is 1.68. The van der Waals surface area contributed by atoms with Gasteiger partial charge >= 0.3 is 0 Å². The molecule has 28 heavy (non-hydrogen) atoms. The molecule has 1 aromatic carbocycles. The van der Waals surface area contributed by atoms with Crippen LogP contribution in [0.2, 0.25) is 0 Å². The number of benzene rings is 1. The molecule has 1 aliphatic heterocycles. The Bertz CT molecular complexity index is 563. The number of aliphatic imine (C=N–C) groups is 1. The molecule has 0 bridgehead atoms. The van der Waals surface area contributed by atoms with Crippen molar-refractivity contribution in [2.45, 2.75) is 45.7 Å². The van der Waals surface area contributed by atoms with Crippen LogP contribution in [0.1, 0.15) is 38.7 Å². The fraction of sp³-hybridized carbons (Fsp3) is 0.667. The molecule has 2 rings (SSSR count). The fourth-order valence-corrected chi connectivity index (χ4v) is 3.28. The van der Waals surface area contributed by atoms with Gasteiger partial charge in [0, 0.05) is 32.8 Å². The minimum Gasteiger partial charge on any atom is -0.491 e. The molecular weight excluding hydrogens is 467 g/mol. The minimum atomic E-state index is 0. The number of methoxy groups -OCH3 is 1. The monoisotopic (exact) mass is 504 g/mol. The smallest absolute Gasteiger partial charge is 0.191 e. The fourth-order valence-electron chi connectivity index (χ4n) is 3.28. The Hall–Kier alpha value is -1.06. The van der Waals surface area contributed by atoms with E-state index in [1.807, 2.05) is 18.2 Å². The lowest BCUT2D eigenvalue weighted by Crippen LogP contribution is -2.48.